The van der Waals surface area contributed by atoms with Gasteiger partial charge in [0, 0.05) is 15.7 Å². The molecule has 8 nitrogen and oxygen atoms in total. The van der Waals surface area contributed by atoms with Gasteiger partial charge in [-0.2, -0.15) is 5.11 Å². The molecule has 0 unspecified atom stereocenters. The van der Waals surface area contributed by atoms with Crippen molar-refractivity contribution in [1.29, 1.82) is 0 Å². The second-order valence-corrected chi connectivity index (χ2v) is 7.12. The fourth-order valence-electron chi connectivity index (χ4n) is 3.14. The largest absolute Gasteiger partial charge is 0.324 e. The van der Waals surface area contributed by atoms with Crippen molar-refractivity contribution >= 4 is 52.3 Å². The van der Waals surface area contributed by atoms with Crippen molar-refractivity contribution in [3.63, 3.8) is 0 Å². The molecule has 2 aliphatic rings. The van der Waals surface area contributed by atoms with E-state index in [1.807, 2.05) is 0 Å². The van der Waals surface area contributed by atoms with Gasteiger partial charge in [0.2, 0.25) is 5.91 Å². The van der Waals surface area contributed by atoms with Crippen molar-refractivity contribution < 1.29 is 14.4 Å². The van der Waals surface area contributed by atoms with Crippen molar-refractivity contribution in [1.82, 2.24) is 5.01 Å². The lowest BCUT2D eigenvalue weighted by Gasteiger charge is -2.20. The van der Waals surface area contributed by atoms with Crippen molar-refractivity contribution in [2.24, 2.45) is 10.3 Å². The summed E-state index contributed by atoms with van der Waals surface area (Å²) >= 11 is 11.9. The van der Waals surface area contributed by atoms with Crippen LogP contribution < -0.4 is 10.2 Å². The number of carbonyl (C=O) groups excluding carboxylic acids is 3. The van der Waals surface area contributed by atoms with Crippen molar-refractivity contribution in [3.05, 3.63) is 58.6 Å². The molecule has 0 spiro atoms. The summed E-state index contributed by atoms with van der Waals surface area (Å²) in [5.41, 5.74) is 0.870. The van der Waals surface area contributed by atoms with Crippen LogP contribution in [0.5, 0.6) is 0 Å². The van der Waals surface area contributed by atoms with E-state index in [0.717, 1.165) is 4.90 Å². The molecule has 4 rings (SSSR count). The second-order valence-electron chi connectivity index (χ2n) is 6.24. The third-order valence-corrected chi connectivity index (χ3v) is 4.81. The van der Waals surface area contributed by atoms with Crippen LogP contribution in [-0.4, -0.2) is 41.4 Å². The summed E-state index contributed by atoms with van der Waals surface area (Å²) in [6.07, 6.45) is 0. The Morgan fingerprint density at radius 1 is 1.04 bits per heavy atom. The smallest absolute Gasteiger partial charge is 0.263 e. The molecule has 0 aromatic heterocycles. The third kappa shape index (κ3) is 3.32. The Kier molecular flexibility index (Phi) is 4.74. The first kappa shape index (κ1) is 18.4. The number of nitrogens with one attached hydrogen (secondary N) is 1. The third-order valence-electron chi connectivity index (χ3n) is 4.34. The number of amides is 3. The van der Waals surface area contributed by atoms with E-state index in [2.05, 4.69) is 15.7 Å². The molecule has 3 amide bonds. The molecular weight excluding hydrogens is 405 g/mol. The van der Waals surface area contributed by atoms with Crippen LogP contribution in [0.1, 0.15) is 0 Å². The Morgan fingerprint density at radius 3 is 2.46 bits per heavy atom. The van der Waals surface area contributed by atoms with Crippen molar-refractivity contribution in [3.8, 4) is 0 Å². The fourth-order valence-corrected chi connectivity index (χ4v) is 3.51. The van der Waals surface area contributed by atoms with Gasteiger partial charge in [-0.05, 0) is 36.4 Å². The minimum atomic E-state index is -0.981. The zero-order valence-corrected chi connectivity index (χ0v) is 15.8. The maximum absolute atomic E-state index is 12.9. The molecule has 1 saturated heterocycles. The molecule has 2 aliphatic heterocycles. The number of carbonyl (C=O) groups is 3. The van der Waals surface area contributed by atoms with E-state index in [1.54, 1.807) is 42.5 Å². The van der Waals surface area contributed by atoms with E-state index >= 15 is 0 Å². The van der Waals surface area contributed by atoms with Crippen LogP contribution in [0.3, 0.4) is 0 Å². The van der Waals surface area contributed by atoms with Gasteiger partial charge in [0.25, 0.3) is 11.8 Å². The molecule has 1 fully saturated rings. The highest BCUT2D eigenvalue weighted by Crippen LogP contribution is 2.32. The Labute approximate surface area is 169 Å². The highest BCUT2D eigenvalue weighted by atomic mass is 35.5. The first-order chi connectivity index (χ1) is 13.4. The lowest BCUT2D eigenvalue weighted by atomic mass is 10.1. The lowest BCUT2D eigenvalue weighted by molar-refractivity contribution is -0.123. The predicted octanol–water partition coefficient (Wildman–Crippen LogP) is 2.93. The molecule has 1 N–H and O–H groups in total. The number of hydrogen-bond donors (Lipinski definition) is 1. The predicted molar refractivity (Wildman–Crippen MR) is 103 cm³/mol. The van der Waals surface area contributed by atoms with Crippen LogP contribution in [0.15, 0.2) is 58.9 Å². The highest BCUT2D eigenvalue weighted by Gasteiger charge is 2.55. The number of halogens is 2. The molecule has 2 aromatic rings. The number of imide groups is 1. The number of benzene rings is 2. The number of anilines is 2. The Balaban J connectivity index is 1.49. The summed E-state index contributed by atoms with van der Waals surface area (Å²) in [5, 5.41) is 12.5. The average molecular weight is 418 g/mol. The molecule has 2 heterocycles. The van der Waals surface area contributed by atoms with E-state index in [9.17, 15) is 14.4 Å². The van der Waals surface area contributed by atoms with Gasteiger partial charge in [0.15, 0.2) is 12.1 Å². The quantitative estimate of drug-likeness (QED) is 0.773. The standard InChI is InChI=1S/C18H13Cl2N5O3/c19-10-3-1-5-12(7-10)21-14(26)9-24-16-15(22-23-24)17(27)25(18(16)28)13-6-2-4-11(20)8-13/h1-8,15-16H,9H2,(H,21,26)/t15-,16+/m0/s1. The number of fused-ring (bicyclic) bond motifs is 1. The Bertz CT molecular complexity index is 1010. The number of hydrogen-bond acceptors (Lipinski definition) is 6. The SMILES string of the molecule is O=C(CN1N=N[C@@H]2C(=O)N(c3cccc(Cl)c3)C(=O)[C@@H]21)Nc1cccc(Cl)c1. The average Bonchev–Trinajstić information content (AvgIpc) is 3.15. The van der Waals surface area contributed by atoms with E-state index in [4.69, 9.17) is 23.2 Å². The van der Waals surface area contributed by atoms with E-state index in [-0.39, 0.29) is 6.54 Å². The second kappa shape index (κ2) is 7.21. The Morgan fingerprint density at radius 2 is 1.75 bits per heavy atom. The monoisotopic (exact) mass is 417 g/mol. The summed E-state index contributed by atoms with van der Waals surface area (Å²) in [4.78, 5) is 38.8. The highest BCUT2D eigenvalue weighted by molar-refractivity contribution is 6.32. The molecule has 142 valence electrons. The van der Waals surface area contributed by atoms with Crippen LogP contribution in [-0.2, 0) is 14.4 Å². The zero-order chi connectivity index (χ0) is 19.8. The molecule has 28 heavy (non-hydrogen) atoms. The number of rotatable bonds is 4. The summed E-state index contributed by atoms with van der Waals surface area (Å²) < 4.78 is 0. The van der Waals surface area contributed by atoms with Gasteiger partial charge in [0.1, 0.15) is 6.54 Å². The van der Waals surface area contributed by atoms with E-state index < -0.39 is 29.8 Å². The summed E-state index contributed by atoms with van der Waals surface area (Å²) in [6.45, 7) is -0.237. The summed E-state index contributed by atoms with van der Waals surface area (Å²) in [7, 11) is 0. The molecule has 0 bridgehead atoms. The first-order valence-electron chi connectivity index (χ1n) is 8.30. The van der Waals surface area contributed by atoms with Crippen molar-refractivity contribution in [2.75, 3.05) is 16.8 Å². The zero-order valence-electron chi connectivity index (χ0n) is 14.3. The molecule has 2 aromatic carbocycles. The van der Waals surface area contributed by atoms with Gasteiger partial charge < -0.3 is 5.32 Å². The van der Waals surface area contributed by atoms with Crippen LogP contribution in [0.25, 0.3) is 0 Å². The Hall–Kier alpha value is -2.97. The van der Waals surface area contributed by atoms with Crippen LogP contribution >= 0.6 is 23.2 Å². The molecule has 0 radical (unpaired) electrons. The van der Waals surface area contributed by atoms with Gasteiger partial charge in [-0.1, -0.05) is 40.6 Å². The maximum Gasteiger partial charge on any atom is 0.263 e. The van der Waals surface area contributed by atoms with Gasteiger partial charge >= 0.3 is 0 Å². The lowest BCUT2D eigenvalue weighted by Crippen LogP contribution is -2.43. The molecule has 10 heteroatoms. The topological polar surface area (TPSA) is 94.4 Å². The van der Waals surface area contributed by atoms with Gasteiger partial charge in [0.05, 0.1) is 5.69 Å². The fraction of sp³-hybridized carbons (Fsp3) is 0.167. The molecule has 0 aliphatic carbocycles. The first-order valence-corrected chi connectivity index (χ1v) is 9.06. The van der Waals surface area contributed by atoms with E-state index in [0.29, 0.717) is 21.4 Å². The number of nitrogens with zero attached hydrogens (tertiary/aromatic N) is 4. The maximum atomic E-state index is 12.9. The minimum Gasteiger partial charge on any atom is -0.324 e. The van der Waals surface area contributed by atoms with E-state index in [1.165, 1.54) is 11.1 Å². The molecule has 0 saturated carbocycles. The van der Waals surface area contributed by atoms with Crippen LogP contribution in [0, 0.1) is 0 Å². The van der Waals surface area contributed by atoms with Crippen molar-refractivity contribution in [2.45, 2.75) is 12.1 Å². The molecular formula is C18H13Cl2N5O3. The normalized spacial score (nSPS) is 20.6. The summed E-state index contributed by atoms with van der Waals surface area (Å²) in [5.74, 6) is -1.42. The minimum absolute atomic E-state index is 0.237. The van der Waals surface area contributed by atoms with Gasteiger partial charge in [-0.25, -0.2) is 4.90 Å². The van der Waals surface area contributed by atoms with Crippen LogP contribution in [0.2, 0.25) is 10.0 Å². The summed E-state index contributed by atoms with van der Waals surface area (Å²) in [6, 6.07) is 11.1. The molecule has 2 atom stereocenters. The van der Waals surface area contributed by atoms with Gasteiger partial charge in [-0.15, -0.1) is 0 Å². The van der Waals surface area contributed by atoms with Gasteiger partial charge in [-0.3, -0.25) is 19.4 Å². The van der Waals surface area contributed by atoms with Crippen LogP contribution in [0.4, 0.5) is 11.4 Å².